The second kappa shape index (κ2) is 14.2. The first-order chi connectivity index (χ1) is 21.4. The van der Waals surface area contributed by atoms with Crippen molar-refractivity contribution in [3.8, 4) is 0 Å². The van der Waals surface area contributed by atoms with Crippen molar-refractivity contribution < 1.29 is 48.0 Å². The summed E-state index contributed by atoms with van der Waals surface area (Å²) in [6, 6.07) is 32.1. The minimum atomic E-state index is -1.86. The van der Waals surface area contributed by atoms with E-state index >= 15 is 0 Å². The van der Waals surface area contributed by atoms with Crippen LogP contribution in [0.2, 0.25) is 0 Å². The van der Waals surface area contributed by atoms with Gasteiger partial charge in [0.1, 0.15) is 12.7 Å². The number of carbonyl (C=O) groups is 4. The average molecular weight is 597 g/mol. The van der Waals surface area contributed by atoms with Crippen molar-refractivity contribution in [2.24, 2.45) is 0 Å². The van der Waals surface area contributed by atoms with Crippen LogP contribution in [0.4, 0.5) is 0 Å². The van der Waals surface area contributed by atoms with E-state index in [0.717, 1.165) is 0 Å². The van der Waals surface area contributed by atoms with E-state index in [2.05, 4.69) is 0 Å². The van der Waals surface area contributed by atoms with Gasteiger partial charge in [0, 0.05) is 0 Å². The maximum absolute atomic E-state index is 13.3. The summed E-state index contributed by atoms with van der Waals surface area (Å²) in [6.07, 6.45) is -7.89. The SMILES string of the molecule is O=C(OC[C@H]1O[C@@H](O)[C@@H](OC(=O)c2ccccc2)[C@@H](OC(=O)c2ccccc2)[C@H]1OC(=O)c1ccccc1)c1ccccc1. The number of esters is 4. The van der Waals surface area contributed by atoms with Crippen LogP contribution in [-0.4, -0.2) is 66.3 Å². The molecule has 5 rings (SSSR count). The zero-order valence-electron chi connectivity index (χ0n) is 23.3. The van der Waals surface area contributed by atoms with Gasteiger partial charge in [-0.15, -0.1) is 0 Å². The molecule has 0 amide bonds. The van der Waals surface area contributed by atoms with E-state index in [9.17, 15) is 24.3 Å². The van der Waals surface area contributed by atoms with Crippen molar-refractivity contribution in [1.82, 2.24) is 0 Å². The Morgan fingerprint density at radius 1 is 0.500 bits per heavy atom. The molecule has 5 atom stereocenters. The molecule has 0 spiro atoms. The lowest BCUT2D eigenvalue weighted by Gasteiger charge is -2.42. The van der Waals surface area contributed by atoms with Gasteiger partial charge in [-0.2, -0.15) is 0 Å². The van der Waals surface area contributed by atoms with Gasteiger partial charge in [0.25, 0.3) is 0 Å². The standard InChI is InChI=1S/C34H28O10/c35-30(22-13-5-1-6-14-22)40-21-26-27(42-31(36)23-15-7-2-8-16-23)28(43-32(37)24-17-9-3-10-18-24)29(34(39)41-26)44-33(38)25-19-11-4-12-20-25/h1-20,26-29,34,39H,21H2/t26-,27+,28+,29+,34-/m1/s1. The molecule has 1 fully saturated rings. The molecule has 1 aliphatic rings. The zero-order valence-corrected chi connectivity index (χ0v) is 23.3. The first-order valence-corrected chi connectivity index (χ1v) is 13.7. The predicted octanol–water partition coefficient (Wildman–Crippen LogP) is 4.24. The number of ether oxygens (including phenoxy) is 5. The van der Waals surface area contributed by atoms with Crippen molar-refractivity contribution in [2.45, 2.75) is 30.7 Å². The molecule has 44 heavy (non-hydrogen) atoms. The Kier molecular flexibility index (Phi) is 9.75. The Labute approximate surface area is 252 Å². The average Bonchev–Trinajstić information content (AvgIpc) is 3.07. The van der Waals surface area contributed by atoms with Gasteiger partial charge in [0.2, 0.25) is 0 Å². The van der Waals surface area contributed by atoms with Crippen molar-refractivity contribution in [3.05, 3.63) is 144 Å². The summed E-state index contributed by atoms with van der Waals surface area (Å²) in [6.45, 7) is -0.504. The zero-order chi connectivity index (χ0) is 30.9. The molecule has 0 bridgehead atoms. The van der Waals surface area contributed by atoms with Gasteiger partial charge in [-0.1, -0.05) is 72.8 Å². The van der Waals surface area contributed by atoms with E-state index in [4.69, 9.17) is 23.7 Å². The summed E-state index contributed by atoms with van der Waals surface area (Å²) in [7, 11) is 0. The highest BCUT2D eigenvalue weighted by Crippen LogP contribution is 2.30. The smallest absolute Gasteiger partial charge is 0.338 e. The fourth-order valence-corrected chi connectivity index (χ4v) is 4.54. The molecule has 10 heteroatoms. The Balaban J connectivity index is 1.48. The monoisotopic (exact) mass is 596 g/mol. The molecule has 1 heterocycles. The lowest BCUT2D eigenvalue weighted by atomic mass is 9.97. The van der Waals surface area contributed by atoms with Crippen LogP contribution >= 0.6 is 0 Å². The van der Waals surface area contributed by atoms with Crippen LogP contribution in [0.25, 0.3) is 0 Å². The van der Waals surface area contributed by atoms with E-state index in [0.29, 0.717) is 0 Å². The molecule has 4 aromatic rings. The second-order valence-electron chi connectivity index (χ2n) is 9.74. The summed E-state index contributed by atoms with van der Waals surface area (Å²) in [5, 5.41) is 11.1. The van der Waals surface area contributed by atoms with Gasteiger partial charge >= 0.3 is 23.9 Å². The van der Waals surface area contributed by atoms with E-state index in [1.165, 1.54) is 36.4 Å². The van der Waals surface area contributed by atoms with Gasteiger partial charge in [-0.25, -0.2) is 19.2 Å². The van der Waals surface area contributed by atoms with Crippen LogP contribution in [0.3, 0.4) is 0 Å². The van der Waals surface area contributed by atoms with E-state index < -0.39 is 61.2 Å². The normalized spacial score (nSPS) is 21.0. The highest BCUT2D eigenvalue weighted by molar-refractivity contribution is 5.91. The first kappa shape index (κ1) is 30.1. The molecule has 0 radical (unpaired) electrons. The number of hydrogen-bond acceptors (Lipinski definition) is 10. The van der Waals surface area contributed by atoms with E-state index in [-0.39, 0.29) is 22.3 Å². The lowest BCUT2D eigenvalue weighted by molar-refractivity contribution is -0.284. The van der Waals surface area contributed by atoms with Crippen molar-refractivity contribution in [3.63, 3.8) is 0 Å². The highest BCUT2D eigenvalue weighted by atomic mass is 16.7. The fourth-order valence-electron chi connectivity index (χ4n) is 4.54. The molecule has 0 unspecified atom stereocenters. The van der Waals surface area contributed by atoms with Crippen LogP contribution in [0.5, 0.6) is 0 Å². The summed E-state index contributed by atoms with van der Waals surface area (Å²) in [5.41, 5.74) is 0.736. The maximum atomic E-state index is 13.3. The van der Waals surface area contributed by atoms with Crippen LogP contribution < -0.4 is 0 Å². The number of benzene rings is 4. The third-order valence-electron chi connectivity index (χ3n) is 6.76. The molecule has 224 valence electrons. The molecule has 4 aromatic carbocycles. The number of hydrogen-bond donors (Lipinski definition) is 1. The molecule has 1 aliphatic heterocycles. The summed E-state index contributed by atoms with van der Waals surface area (Å²) < 4.78 is 28.4. The Hall–Kier alpha value is -5.32. The Bertz CT molecular complexity index is 1560. The second-order valence-corrected chi connectivity index (χ2v) is 9.74. The molecular formula is C34H28O10. The van der Waals surface area contributed by atoms with Gasteiger partial charge in [-0.3, -0.25) is 0 Å². The van der Waals surface area contributed by atoms with Crippen LogP contribution in [-0.2, 0) is 23.7 Å². The van der Waals surface area contributed by atoms with Crippen LogP contribution in [0.1, 0.15) is 41.4 Å². The van der Waals surface area contributed by atoms with E-state index in [1.807, 2.05) is 0 Å². The molecule has 1 saturated heterocycles. The van der Waals surface area contributed by atoms with Crippen molar-refractivity contribution >= 4 is 23.9 Å². The van der Waals surface area contributed by atoms with Crippen molar-refractivity contribution in [2.75, 3.05) is 6.61 Å². The third kappa shape index (κ3) is 7.35. The molecule has 1 N–H and O–H groups in total. The molecule has 0 saturated carbocycles. The van der Waals surface area contributed by atoms with Crippen LogP contribution in [0, 0.1) is 0 Å². The number of rotatable bonds is 9. The highest BCUT2D eigenvalue weighted by Gasteiger charge is 2.52. The number of aliphatic hydroxyl groups excluding tert-OH is 1. The topological polar surface area (TPSA) is 135 Å². The summed E-state index contributed by atoms with van der Waals surface area (Å²) in [5.74, 6) is -3.21. The van der Waals surface area contributed by atoms with E-state index in [1.54, 1.807) is 84.9 Å². The van der Waals surface area contributed by atoms with Crippen LogP contribution in [0.15, 0.2) is 121 Å². The number of carbonyl (C=O) groups excluding carboxylic acids is 4. The maximum Gasteiger partial charge on any atom is 0.338 e. The largest absolute Gasteiger partial charge is 0.459 e. The Morgan fingerprint density at radius 2 is 0.841 bits per heavy atom. The third-order valence-corrected chi connectivity index (χ3v) is 6.76. The van der Waals surface area contributed by atoms with Gasteiger partial charge in [0.15, 0.2) is 24.6 Å². The predicted molar refractivity (Wildman–Crippen MR) is 155 cm³/mol. The first-order valence-electron chi connectivity index (χ1n) is 13.7. The minimum Gasteiger partial charge on any atom is -0.459 e. The lowest BCUT2D eigenvalue weighted by Crippen LogP contribution is -2.62. The molecule has 0 aromatic heterocycles. The number of aliphatic hydroxyl groups is 1. The molecule has 10 nitrogen and oxygen atoms in total. The quantitative estimate of drug-likeness (QED) is 0.221. The molecule has 0 aliphatic carbocycles. The summed E-state index contributed by atoms with van der Waals surface area (Å²) in [4.78, 5) is 52.3. The van der Waals surface area contributed by atoms with Crippen molar-refractivity contribution in [1.29, 1.82) is 0 Å². The molecular weight excluding hydrogens is 568 g/mol. The van der Waals surface area contributed by atoms with Gasteiger partial charge in [0.05, 0.1) is 22.3 Å². The Morgan fingerprint density at radius 3 is 1.25 bits per heavy atom. The minimum absolute atomic E-state index is 0.154. The van der Waals surface area contributed by atoms with Gasteiger partial charge in [-0.05, 0) is 48.5 Å². The summed E-state index contributed by atoms with van der Waals surface area (Å²) >= 11 is 0. The van der Waals surface area contributed by atoms with Gasteiger partial charge < -0.3 is 28.8 Å². The fraction of sp³-hybridized carbons (Fsp3) is 0.176.